The molecule has 3 N–H and O–H groups in total. The van der Waals surface area contributed by atoms with Crippen molar-refractivity contribution in [1.82, 2.24) is 10.2 Å². The Labute approximate surface area is 84.6 Å². The van der Waals surface area contributed by atoms with Gasteiger partial charge in [-0.1, -0.05) is 0 Å². The smallest absolute Gasteiger partial charge is 0.410 e. The molecule has 5 heteroatoms. The van der Waals surface area contributed by atoms with Gasteiger partial charge < -0.3 is 20.7 Å². The van der Waals surface area contributed by atoms with Gasteiger partial charge in [-0.3, -0.25) is 0 Å². The Morgan fingerprint density at radius 1 is 1.50 bits per heavy atom. The third kappa shape index (κ3) is 3.16. The average molecular weight is 201 g/mol. The van der Waals surface area contributed by atoms with E-state index in [0.717, 1.165) is 13.1 Å². The van der Waals surface area contributed by atoms with Crippen LogP contribution in [0.3, 0.4) is 0 Å². The number of nitrogens with zero attached hydrogens (tertiary/aromatic N) is 1. The van der Waals surface area contributed by atoms with E-state index in [0.29, 0.717) is 19.6 Å². The predicted molar refractivity (Wildman–Crippen MR) is 54.1 cm³/mol. The van der Waals surface area contributed by atoms with Gasteiger partial charge in [0, 0.05) is 32.7 Å². The topological polar surface area (TPSA) is 67.6 Å². The van der Waals surface area contributed by atoms with Gasteiger partial charge in [-0.05, 0) is 13.8 Å². The van der Waals surface area contributed by atoms with Gasteiger partial charge in [-0.15, -0.1) is 0 Å². The summed E-state index contributed by atoms with van der Waals surface area (Å²) < 4.78 is 5.26. The lowest BCUT2D eigenvalue weighted by Gasteiger charge is -2.31. The number of rotatable bonds is 2. The molecule has 0 aromatic heterocycles. The largest absolute Gasteiger partial charge is 0.442 e. The Morgan fingerprint density at radius 2 is 2.07 bits per heavy atom. The minimum atomic E-state index is -0.568. The van der Waals surface area contributed by atoms with Crippen molar-refractivity contribution in [3.8, 4) is 0 Å². The normalized spacial score (nSPS) is 18.1. The maximum Gasteiger partial charge on any atom is 0.410 e. The van der Waals surface area contributed by atoms with E-state index < -0.39 is 5.60 Å². The number of carbonyl (C=O) groups excluding carboxylic acids is 1. The number of hydrogen-bond acceptors (Lipinski definition) is 4. The first kappa shape index (κ1) is 11.3. The first-order valence-electron chi connectivity index (χ1n) is 4.94. The molecule has 0 aliphatic carbocycles. The molecule has 0 aromatic carbocycles. The maximum absolute atomic E-state index is 11.6. The molecule has 0 atom stereocenters. The Hall–Kier alpha value is -0.810. The standard InChI is InChI=1S/C9H19N3O2/c1-9(2,7-10)14-8(13)12-5-3-11-4-6-12/h11H,3-7,10H2,1-2H3. The van der Waals surface area contributed by atoms with E-state index in [4.69, 9.17) is 10.5 Å². The summed E-state index contributed by atoms with van der Waals surface area (Å²) in [5.41, 5.74) is 4.91. The number of nitrogens with two attached hydrogens (primary N) is 1. The van der Waals surface area contributed by atoms with Crippen LogP contribution in [0.25, 0.3) is 0 Å². The predicted octanol–water partition coefficient (Wildman–Crippen LogP) is -0.234. The van der Waals surface area contributed by atoms with E-state index >= 15 is 0 Å². The van der Waals surface area contributed by atoms with Crippen molar-refractivity contribution in [2.75, 3.05) is 32.7 Å². The second-order valence-electron chi connectivity index (χ2n) is 4.07. The Morgan fingerprint density at radius 3 is 2.57 bits per heavy atom. The molecule has 0 saturated carbocycles. The van der Waals surface area contributed by atoms with Gasteiger partial charge in [-0.2, -0.15) is 0 Å². The summed E-state index contributed by atoms with van der Waals surface area (Å²) in [7, 11) is 0. The van der Waals surface area contributed by atoms with Crippen LogP contribution in [0.1, 0.15) is 13.8 Å². The van der Waals surface area contributed by atoms with Crippen molar-refractivity contribution in [2.24, 2.45) is 5.73 Å². The Balaban J connectivity index is 2.40. The van der Waals surface area contributed by atoms with Crippen LogP contribution in [-0.2, 0) is 4.74 Å². The van der Waals surface area contributed by atoms with Crippen LogP contribution in [0.2, 0.25) is 0 Å². The molecule has 1 aliphatic heterocycles. The van der Waals surface area contributed by atoms with Gasteiger partial charge in [0.1, 0.15) is 5.60 Å². The summed E-state index contributed by atoms with van der Waals surface area (Å²) in [6.45, 7) is 7.04. The number of nitrogens with one attached hydrogen (secondary N) is 1. The zero-order valence-corrected chi connectivity index (χ0v) is 8.88. The van der Waals surface area contributed by atoms with Crippen molar-refractivity contribution in [1.29, 1.82) is 0 Å². The number of hydrogen-bond donors (Lipinski definition) is 2. The lowest BCUT2D eigenvalue weighted by atomic mass is 10.1. The van der Waals surface area contributed by atoms with E-state index in [1.54, 1.807) is 4.90 Å². The minimum absolute atomic E-state index is 0.262. The second-order valence-corrected chi connectivity index (χ2v) is 4.07. The van der Waals surface area contributed by atoms with Crippen LogP contribution >= 0.6 is 0 Å². The number of amides is 1. The van der Waals surface area contributed by atoms with E-state index in [9.17, 15) is 4.79 Å². The first-order chi connectivity index (χ1) is 6.55. The molecule has 1 aliphatic rings. The lowest BCUT2D eigenvalue weighted by Crippen LogP contribution is -2.49. The van der Waals surface area contributed by atoms with Crippen molar-refractivity contribution in [3.05, 3.63) is 0 Å². The summed E-state index contributed by atoms with van der Waals surface area (Å²) in [6, 6.07) is 0. The maximum atomic E-state index is 11.6. The van der Waals surface area contributed by atoms with Crippen LogP contribution < -0.4 is 11.1 Å². The minimum Gasteiger partial charge on any atom is -0.442 e. The van der Waals surface area contributed by atoms with Crippen LogP contribution in [-0.4, -0.2) is 49.3 Å². The van der Waals surface area contributed by atoms with Gasteiger partial charge in [0.25, 0.3) is 0 Å². The van der Waals surface area contributed by atoms with E-state index in [1.165, 1.54) is 0 Å². The van der Waals surface area contributed by atoms with E-state index in [2.05, 4.69) is 5.32 Å². The zero-order valence-electron chi connectivity index (χ0n) is 8.88. The summed E-state index contributed by atoms with van der Waals surface area (Å²) >= 11 is 0. The molecular formula is C9H19N3O2. The molecule has 1 amide bonds. The Kier molecular flexibility index (Phi) is 3.71. The molecule has 0 bridgehead atoms. The van der Waals surface area contributed by atoms with Gasteiger partial charge >= 0.3 is 6.09 Å². The number of carbonyl (C=O) groups is 1. The third-order valence-electron chi connectivity index (χ3n) is 2.23. The molecule has 14 heavy (non-hydrogen) atoms. The number of ether oxygens (including phenoxy) is 1. The molecule has 0 aromatic rings. The van der Waals surface area contributed by atoms with E-state index in [-0.39, 0.29) is 6.09 Å². The van der Waals surface area contributed by atoms with Crippen molar-refractivity contribution < 1.29 is 9.53 Å². The molecule has 0 spiro atoms. The fourth-order valence-corrected chi connectivity index (χ4v) is 1.19. The van der Waals surface area contributed by atoms with Crippen LogP contribution in [0, 0.1) is 0 Å². The van der Waals surface area contributed by atoms with Crippen LogP contribution in [0.5, 0.6) is 0 Å². The summed E-state index contributed by atoms with van der Waals surface area (Å²) in [6.07, 6.45) is -0.262. The van der Waals surface area contributed by atoms with Crippen LogP contribution in [0.15, 0.2) is 0 Å². The van der Waals surface area contributed by atoms with Crippen LogP contribution in [0.4, 0.5) is 4.79 Å². The molecule has 5 nitrogen and oxygen atoms in total. The lowest BCUT2D eigenvalue weighted by molar-refractivity contribution is 0.0170. The second kappa shape index (κ2) is 4.61. The number of piperazine rings is 1. The summed E-state index contributed by atoms with van der Waals surface area (Å²) in [4.78, 5) is 13.3. The monoisotopic (exact) mass is 201 g/mol. The molecule has 0 radical (unpaired) electrons. The highest BCUT2D eigenvalue weighted by Gasteiger charge is 2.25. The summed E-state index contributed by atoms with van der Waals surface area (Å²) in [5.74, 6) is 0. The SMILES string of the molecule is CC(C)(CN)OC(=O)N1CCNCC1. The van der Waals surface area contributed by atoms with Crippen molar-refractivity contribution >= 4 is 6.09 Å². The highest BCUT2D eigenvalue weighted by Crippen LogP contribution is 2.09. The first-order valence-corrected chi connectivity index (χ1v) is 4.94. The fourth-order valence-electron chi connectivity index (χ4n) is 1.19. The molecule has 1 saturated heterocycles. The highest BCUT2D eigenvalue weighted by molar-refractivity contribution is 5.68. The highest BCUT2D eigenvalue weighted by atomic mass is 16.6. The fraction of sp³-hybridized carbons (Fsp3) is 0.889. The molecule has 1 heterocycles. The molecule has 0 unspecified atom stereocenters. The van der Waals surface area contributed by atoms with Gasteiger partial charge in [0.2, 0.25) is 0 Å². The van der Waals surface area contributed by atoms with Gasteiger partial charge in [0.15, 0.2) is 0 Å². The van der Waals surface area contributed by atoms with Gasteiger partial charge in [-0.25, -0.2) is 4.79 Å². The van der Waals surface area contributed by atoms with Gasteiger partial charge in [0.05, 0.1) is 0 Å². The average Bonchev–Trinajstić information content (AvgIpc) is 2.19. The third-order valence-corrected chi connectivity index (χ3v) is 2.23. The zero-order chi connectivity index (χ0) is 10.6. The molecular weight excluding hydrogens is 182 g/mol. The van der Waals surface area contributed by atoms with Crippen molar-refractivity contribution in [2.45, 2.75) is 19.4 Å². The van der Waals surface area contributed by atoms with Crippen molar-refractivity contribution in [3.63, 3.8) is 0 Å². The van der Waals surface area contributed by atoms with E-state index in [1.807, 2.05) is 13.8 Å². The molecule has 82 valence electrons. The summed E-state index contributed by atoms with van der Waals surface area (Å²) in [5, 5.41) is 3.17. The molecule has 1 rings (SSSR count). The Bertz CT molecular complexity index is 200. The molecule has 1 fully saturated rings. The quantitative estimate of drug-likeness (QED) is 0.647.